The van der Waals surface area contributed by atoms with E-state index in [-0.39, 0.29) is 13.1 Å². The number of hydrogen-bond acceptors (Lipinski definition) is 4. The lowest BCUT2D eigenvalue weighted by molar-refractivity contribution is -0.313. The molecule has 0 amide bonds. The lowest BCUT2D eigenvalue weighted by atomic mass is 10.2. The van der Waals surface area contributed by atoms with Gasteiger partial charge in [0.2, 0.25) is 0 Å². The number of nitrogens with one attached hydrogen (secondary N) is 2. The highest BCUT2D eigenvalue weighted by Crippen LogP contribution is 2.35. The lowest BCUT2D eigenvalue weighted by Crippen LogP contribution is -2.55. The molecule has 4 nitrogen and oxygen atoms in total. The molecule has 10 heteroatoms. The van der Waals surface area contributed by atoms with Crippen molar-refractivity contribution in [1.29, 1.82) is 0 Å². The van der Waals surface area contributed by atoms with Crippen LogP contribution in [0.5, 0.6) is 0 Å². The van der Waals surface area contributed by atoms with Crippen molar-refractivity contribution >= 4 is 5.97 Å². The molecule has 1 fully saturated rings. The fourth-order valence-corrected chi connectivity index (χ4v) is 1.34. The molecule has 1 heterocycles. The van der Waals surface area contributed by atoms with E-state index in [1.165, 1.54) is 0 Å². The third-order valence-electron chi connectivity index (χ3n) is 2.15. The van der Waals surface area contributed by atoms with Gasteiger partial charge in [0.05, 0.1) is 0 Å². The molecule has 0 aromatic rings. The van der Waals surface area contributed by atoms with Gasteiger partial charge in [0.15, 0.2) is 0 Å². The number of hydrogen-bond donors (Lipinski definition) is 2. The van der Waals surface area contributed by atoms with Gasteiger partial charge in [0.1, 0.15) is 6.04 Å². The summed E-state index contributed by atoms with van der Waals surface area (Å²) in [6, 6.07) is -1.22. The fourth-order valence-electron chi connectivity index (χ4n) is 1.34. The Hall–Kier alpha value is -1.03. The van der Waals surface area contributed by atoms with Gasteiger partial charge >= 0.3 is 18.3 Å². The van der Waals surface area contributed by atoms with Gasteiger partial charge in [0, 0.05) is 19.6 Å². The Balaban J connectivity index is 2.69. The Morgan fingerprint density at radius 2 is 1.67 bits per heavy atom. The monoisotopic (exact) mass is 280 g/mol. The van der Waals surface area contributed by atoms with Crippen LogP contribution in [0.2, 0.25) is 0 Å². The summed E-state index contributed by atoms with van der Waals surface area (Å²) in [6.07, 6.45) is -15.5. The van der Waals surface area contributed by atoms with Crippen molar-refractivity contribution in [1.82, 2.24) is 10.6 Å². The highest BCUT2D eigenvalue weighted by molar-refractivity contribution is 5.76. The summed E-state index contributed by atoms with van der Waals surface area (Å²) in [5, 5.41) is 5.10. The van der Waals surface area contributed by atoms with Crippen LogP contribution in [-0.4, -0.2) is 50.1 Å². The molecule has 0 aromatic carbocycles. The first-order chi connectivity index (χ1) is 8.12. The van der Waals surface area contributed by atoms with Crippen molar-refractivity contribution in [2.75, 3.05) is 19.6 Å². The zero-order valence-electron chi connectivity index (χ0n) is 8.86. The van der Waals surface area contributed by atoms with Crippen LogP contribution in [0.25, 0.3) is 0 Å². The zero-order chi connectivity index (χ0) is 14.0. The fraction of sp³-hybridized carbons (Fsp3) is 0.875. The molecule has 1 aliphatic heterocycles. The quantitative estimate of drug-likeness (QED) is 0.574. The summed E-state index contributed by atoms with van der Waals surface area (Å²) < 4.78 is 76.2. The smallest absolute Gasteiger partial charge is 0.434 e. The molecule has 0 bridgehead atoms. The number of carbonyl (C=O) groups is 1. The molecule has 1 aliphatic rings. The molecule has 106 valence electrons. The molecule has 0 aromatic heterocycles. The highest BCUT2D eigenvalue weighted by Gasteiger charge is 2.60. The largest absolute Gasteiger partial charge is 0.442 e. The molecule has 0 spiro atoms. The summed E-state index contributed by atoms with van der Waals surface area (Å²) in [4.78, 5) is 11.2. The molecular formula is C8H10F6N2O2. The molecule has 0 radical (unpaired) electrons. The predicted molar refractivity (Wildman–Crippen MR) is 46.7 cm³/mol. The number of esters is 1. The molecule has 1 unspecified atom stereocenters. The summed E-state index contributed by atoms with van der Waals surface area (Å²) >= 11 is 0. The van der Waals surface area contributed by atoms with E-state index >= 15 is 0 Å². The average Bonchev–Trinajstić information content (AvgIpc) is 2.23. The van der Waals surface area contributed by atoms with Crippen molar-refractivity contribution in [2.45, 2.75) is 24.5 Å². The van der Waals surface area contributed by atoms with Gasteiger partial charge in [-0.05, 0) is 0 Å². The number of ether oxygens (including phenoxy) is 1. The lowest BCUT2D eigenvalue weighted by Gasteiger charge is -2.27. The summed E-state index contributed by atoms with van der Waals surface area (Å²) in [7, 11) is 0. The Labute approximate surface area is 97.7 Å². The zero-order valence-corrected chi connectivity index (χ0v) is 8.86. The van der Waals surface area contributed by atoms with E-state index in [0.29, 0.717) is 6.54 Å². The summed E-state index contributed by atoms with van der Waals surface area (Å²) in [5.74, 6) is -1.58. The maximum atomic E-state index is 12.1. The first-order valence-electron chi connectivity index (χ1n) is 4.90. The molecular weight excluding hydrogens is 270 g/mol. The van der Waals surface area contributed by atoms with Crippen molar-refractivity contribution < 1.29 is 35.9 Å². The number of alkyl halides is 6. The Morgan fingerprint density at radius 1 is 1.11 bits per heavy atom. The van der Waals surface area contributed by atoms with Crippen LogP contribution in [0.15, 0.2) is 0 Å². The molecule has 0 aliphatic carbocycles. The van der Waals surface area contributed by atoms with Crippen LogP contribution in [0.4, 0.5) is 26.3 Å². The Morgan fingerprint density at radius 3 is 2.06 bits per heavy atom. The van der Waals surface area contributed by atoms with E-state index in [1.807, 2.05) is 0 Å². The third-order valence-corrected chi connectivity index (χ3v) is 2.15. The van der Waals surface area contributed by atoms with Gasteiger partial charge in [-0.3, -0.25) is 4.79 Å². The van der Waals surface area contributed by atoms with Crippen LogP contribution >= 0.6 is 0 Å². The number of rotatable bonds is 2. The second-order valence-corrected chi connectivity index (χ2v) is 3.61. The third kappa shape index (κ3) is 4.02. The van der Waals surface area contributed by atoms with E-state index in [4.69, 9.17) is 0 Å². The van der Waals surface area contributed by atoms with Crippen LogP contribution in [0, 0.1) is 0 Å². The normalized spacial score (nSPS) is 22.1. The predicted octanol–water partition coefficient (Wildman–Crippen LogP) is 0.584. The minimum Gasteiger partial charge on any atom is -0.442 e. The number of piperazine rings is 1. The Kier molecular flexibility index (Phi) is 4.43. The molecule has 2 N–H and O–H groups in total. The van der Waals surface area contributed by atoms with Crippen LogP contribution < -0.4 is 10.6 Å². The SMILES string of the molecule is O=C(OC(C(F)(F)F)C(F)(F)F)C1CNCCN1. The molecule has 1 saturated heterocycles. The van der Waals surface area contributed by atoms with Gasteiger partial charge in [0.25, 0.3) is 6.10 Å². The van der Waals surface area contributed by atoms with E-state index in [9.17, 15) is 31.1 Å². The van der Waals surface area contributed by atoms with E-state index in [2.05, 4.69) is 15.4 Å². The van der Waals surface area contributed by atoms with E-state index < -0.39 is 30.5 Å². The van der Waals surface area contributed by atoms with Gasteiger partial charge in [-0.2, -0.15) is 26.3 Å². The van der Waals surface area contributed by atoms with Crippen molar-refractivity contribution in [3.05, 3.63) is 0 Å². The maximum Gasteiger partial charge on any atom is 0.434 e. The molecule has 0 saturated carbocycles. The molecule has 1 rings (SSSR count). The molecule has 18 heavy (non-hydrogen) atoms. The van der Waals surface area contributed by atoms with Crippen LogP contribution in [0.3, 0.4) is 0 Å². The maximum absolute atomic E-state index is 12.1. The summed E-state index contributed by atoms with van der Waals surface area (Å²) in [5.41, 5.74) is 0. The van der Waals surface area contributed by atoms with Crippen molar-refractivity contribution in [3.63, 3.8) is 0 Å². The van der Waals surface area contributed by atoms with Gasteiger partial charge in [-0.15, -0.1) is 0 Å². The van der Waals surface area contributed by atoms with Crippen molar-refractivity contribution in [2.24, 2.45) is 0 Å². The summed E-state index contributed by atoms with van der Waals surface area (Å²) in [6.45, 7) is 0.634. The minimum atomic E-state index is -5.68. The van der Waals surface area contributed by atoms with E-state index in [1.54, 1.807) is 0 Å². The first kappa shape index (κ1) is 15.0. The van der Waals surface area contributed by atoms with Gasteiger partial charge in [-0.25, -0.2) is 0 Å². The molecule has 1 atom stereocenters. The minimum absolute atomic E-state index is 0.0821. The standard InChI is InChI=1S/C8H10F6N2O2/c9-7(10,11)6(8(12,13)14)18-5(17)4-3-15-1-2-16-4/h4,6,15-16H,1-3H2. The van der Waals surface area contributed by atoms with Gasteiger partial charge < -0.3 is 15.4 Å². The topological polar surface area (TPSA) is 50.4 Å². The van der Waals surface area contributed by atoms with Crippen LogP contribution in [0.1, 0.15) is 0 Å². The second kappa shape index (κ2) is 5.31. The number of carbonyl (C=O) groups excluding carboxylic acids is 1. The Bertz CT molecular complexity index is 283. The number of halogens is 6. The first-order valence-corrected chi connectivity index (χ1v) is 4.90. The van der Waals surface area contributed by atoms with E-state index in [0.717, 1.165) is 0 Å². The second-order valence-electron chi connectivity index (χ2n) is 3.61. The van der Waals surface area contributed by atoms with Gasteiger partial charge in [-0.1, -0.05) is 0 Å². The van der Waals surface area contributed by atoms with Crippen molar-refractivity contribution in [3.8, 4) is 0 Å². The average molecular weight is 280 g/mol. The van der Waals surface area contributed by atoms with Crippen LogP contribution in [-0.2, 0) is 9.53 Å². The highest BCUT2D eigenvalue weighted by atomic mass is 19.4.